The third-order valence-corrected chi connectivity index (χ3v) is 5.57. The minimum Gasteiger partial charge on any atom is -0.340 e. The van der Waals surface area contributed by atoms with E-state index in [0.717, 1.165) is 39.1 Å². The lowest BCUT2D eigenvalue weighted by Crippen LogP contribution is -2.48. The fourth-order valence-corrected chi connectivity index (χ4v) is 3.55. The Morgan fingerprint density at radius 3 is 2.37 bits per heavy atom. The summed E-state index contributed by atoms with van der Waals surface area (Å²) in [6.07, 6.45) is 7.94. The Balaban J connectivity index is 1.39. The van der Waals surface area contributed by atoms with Crippen molar-refractivity contribution in [3.05, 3.63) is 35.4 Å². The van der Waals surface area contributed by atoms with Gasteiger partial charge in [-0.2, -0.15) is 10.2 Å². The lowest BCUT2D eigenvalue weighted by molar-refractivity contribution is -0.133. The van der Waals surface area contributed by atoms with E-state index in [1.165, 1.54) is 11.1 Å². The smallest absolute Gasteiger partial charge is 0.222 e. The molecule has 5 nitrogen and oxygen atoms in total. The van der Waals surface area contributed by atoms with E-state index in [4.69, 9.17) is 6.42 Å². The Kier molecular flexibility index (Phi) is 6.28. The van der Waals surface area contributed by atoms with Crippen molar-refractivity contribution in [1.29, 1.82) is 0 Å². The number of carbonyl (C=O) groups is 1. The van der Waals surface area contributed by atoms with Crippen LogP contribution in [0.25, 0.3) is 0 Å². The molecule has 1 fully saturated rings. The summed E-state index contributed by atoms with van der Waals surface area (Å²) in [4.78, 5) is 16.9. The Bertz CT molecular complexity index is 703. The molecule has 5 heteroatoms. The maximum Gasteiger partial charge on any atom is 0.222 e. The Morgan fingerprint density at radius 2 is 1.81 bits per heavy atom. The molecule has 2 aliphatic heterocycles. The van der Waals surface area contributed by atoms with Crippen LogP contribution in [0.2, 0.25) is 0 Å². The van der Waals surface area contributed by atoms with Crippen molar-refractivity contribution in [2.24, 2.45) is 10.2 Å². The molecule has 0 radical (unpaired) electrons. The number of benzene rings is 1. The maximum atomic E-state index is 12.5. The van der Waals surface area contributed by atoms with Crippen molar-refractivity contribution < 1.29 is 4.79 Å². The molecule has 1 aromatic carbocycles. The number of nitrogens with zero attached hydrogens (tertiary/aromatic N) is 4. The van der Waals surface area contributed by atoms with E-state index >= 15 is 0 Å². The van der Waals surface area contributed by atoms with Crippen LogP contribution in [0.3, 0.4) is 0 Å². The number of carbonyl (C=O) groups excluding carboxylic acids is 1. The van der Waals surface area contributed by atoms with Gasteiger partial charge in [-0.25, -0.2) is 0 Å². The highest BCUT2D eigenvalue weighted by molar-refractivity contribution is 5.76. The largest absolute Gasteiger partial charge is 0.340 e. The normalized spacial score (nSPS) is 18.5. The standard InChI is InChI=1S/C22H30N4O/c1-4-5-11-22(23-24-22)12-10-21(27)26-15-13-25(14-16-26)17-19-6-8-20(9-7-19)18(2)3/h1,6-9,18H,5,10-17H2,2-3H3. The molecule has 0 aliphatic carbocycles. The summed E-state index contributed by atoms with van der Waals surface area (Å²) in [6, 6.07) is 8.91. The van der Waals surface area contributed by atoms with E-state index in [9.17, 15) is 4.79 Å². The first kappa shape index (κ1) is 19.6. The van der Waals surface area contributed by atoms with E-state index in [1.54, 1.807) is 0 Å². The first-order valence-corrected chi connectivity index (χ1v) is 9.98. The van der Waals surface area contributed by atoms with Gasteiger partial charge in [0.2, 0.25) is 5.91 Å². The molecule has 2 aliphatic rings. The summed E-state index contributed by atoms with van der Waals surface area (Å²) in [5.41, 5.74) is 2.36. The van der Waals surface area contributed by atoms with Gasteiger partial charge in [-0.3, -0.25) is 9.69 Å². The lowest BCUT2D eigenvalue weighted by atomic mass is 10.0. The van der Waals surface area contributed by atoms with Crippen LogP contribution >= 0.6 is 0 Å². The minimum absolute atomic E-state index is 0.216. The van der Waals surface area contributed by atoms with Crippen LogP contribution in [0, 0.1) is 12.3 Å². The highest BCUT2D eigenvalue weighted by Crippen LogP contribution is 2.37. The molecule has 27 heavy (non-hydrogen) atoms. The van der Waals surface area contributed by atoms with Gasteiger partial charge in [0.15, 0.2) is 5.66 Å². The second-order valence-electron chi connectivity index (χ2n) is 7.94. The van der Waals surface area contributed by atoms with Crippen LogP contribution in [-0.4, -0.2) is 47.5 Å². The highest BCUT2D eigenvalue weighted by atomic mass is 16.2. The van der Waals surface area contributed by atoms with Crippen LogP contribution in [0.15, 0.2) is 34.5 Å². The molecule has 144 valence electrons. The second kappa shape index (κ2) is 8.67. The first-order valence-electron chi connectivity index (χ1n) is 9.98. The summed E-state index contributed by atoms with van der Waals surface area (Å²) in [5, 5.41) is 8.23. The molecular formula is C22H30N4O. The van der Waals surface area contributed by atoms with Gasteiger partial charge in [0, 0.05) is 58.4 Å². The van der Waals surface area contributed by atoms with Crippen molar-refractivity contribution in [2.75, 3.05) is 26.2 Å². The number of terminal acetylenes is 1. The number of amides is 1. The minimum atomic E-state index is -0.355. The molecule has 0 aromatic heterocycles. The molecular weight excluding hydrogens is 336 g/mol. The third kappa shape index (κ3) is 5.40. The summed E-state index contributed by atoms with van der Waals surface area (Å²) in [5.74, 6) is 3.41. The van der Waals surface area contributed by atoms with Gasteiger partial charge >= 0.3 is 0 Å². The molecule has 1 saturated heterocycles. The van der Waals surface area contributed by atoms with Crippen molar-refractivity contribution in [3.63, 3.8) is 0 Å². The van der Waals surface area contributed by atoms with Gasteiger partial charge in [-0.05, 0) is 17.0 Å². The maximum absolute atomic E-state index is 12.5. The summed E-state index contributed by atoms with van der Waals surface area (Å²) in [6.45, 7) is 8.83. The molecule has 0 saturated carbocycles. The van der Waals surface area contributed by atoms with Crippen molar-refractivity contribution in [2.45, 2.75) is 57.7 Å². The number of hydrogen-bond donors (Lipinski definition) is 0. The molecule has 0 atom stereocenters. The van der Waals surface area contributed by atoms with Gasteiger partial charge < -0.3 is 4.90 Å². The average molecular weight is 367 g/mol. The topological polar surface area (TPSA) is 48.3 Å². The van der Waals surface area contributed by atoms with Crippen LogP contribution in [-0.2, 0) is 11.3 Å². The fraction of sp³-hybridized carbons (Fsp3) is 0.591. The van der Waals surface area contributed by atoms with Gasteiger partial charge in [0.25, 0.3) is 0 Å². The predicted octanol–water partition coefficient (Wildman–Crippen LogP) is 3.81. The predicted molar refractivity (Wildman–Crippen MR) is 107 cm³/mol. The van der Waals surface area contributed by atoms with Crippen molar-refractivity contribution in [3.8, 4) is 12.3 Å². The summed E-state index contributed by atoms with van der Waals surface area (Å²) in [7, 11) is 0. The number of hydrogen-bond acceptors (Lipinski definition) is 4. The SMILES string of the molecule is C#CCCC1(CCC(=O)N2CCN(Cc3ccc(C(C)C)cc3)CC2)N=N1. The van der Waals surface area contributed by atoms with Gasteiger partial charge in [0.1, 0.15) is 0 Å². The van der Waals surface area contributed by atoms with Crippen LogP contribution in [0.1, 0.15) is 56.6 Å². The zero-order valence-electron chi connectivity index (χ0n) is 16.5. The van der Waals surface area contributed by atoms with E-state index < -0.39 is 0 Å². The van der Waals surface area contributed by atoms with Crippen LogP contribution in [0.5, 0.6) is 0 Å². The number of piperazine rings is 1. The zero-order chi connectivity index (χ0) is 19.3. The molecule has 0 bridgehead atoms. The molecule has 3 rings (SSSR count). The molecule has 1 amide bonds. The molecule has 0 spiro atoms. The molecule has 2 heterocycles. The molecule has 1 aromatic rings. The Morgan fingerprint density at radius 1 is 1.15 bits per heavy atom. The van der Waals surface area contributed by atoms with E-state index in [1.807, 2.05) is 4.90 Å². The third-order valence-electron chi connectivity index (χ3n) is 5.57. The van der Waals surface area contributed by atoms with Gasteiger partial charge in [0.05, 0.1) is 0 Å². The molecule has 0 N–H and O–H groups in total. The van der Waals surface area contributed by atoms with Gasteiger partial charge in [-0.15, -0.1) is 12.3 Å². The zero-order valence-corrected chi connectivity index (χ0v) is 16.5. The second-order valence-corrected chi connectivity index (χ2v) is 7.94. The highest BCUT2D eigenvalue weighted by Gasteiger charge is 2.39. The van der Waals surface area contributed by atoms with E-state index in [-0.39, 0.29) is 11.6 Å². The Labute approximate surface area is 162 Å². The summed E-state index contributed by atoms with van der Waals surface area (Å²) >= 11 is 0. The fourth-order valence-electron chi connectivity index (χ4n) is 3.55. The number of rotatable bonds is 8. The van der Waals surface area contributed by atoms with Crippen LogP contribution in [0.4, 0.5) is 0 Å². The van der Waals surface area contributed by atoms with Crippen molar-refractivity contribution >= 4 is 5.91 Å². The van der Waals surface area contributed by atoms with Crippen LogP contribution < -0.4 is 0 Å². The van der Waals surface area contributed by atoms with E-state index in [2.05, 4.69) is 59.2 Å². The monoisotopic (exact) mass is 366 g/mol. The van der Waals surface area contributed by atoms with Gasteiger partial charge in [-0.1, -0.05) is 38.1 Å². The van der Waals surface area contributed by atoms with E-state index in [0.29, 0.717) is 25.2 Å². The average Bonchev–Trinajstić information content (AvgIpc) is 3.46. The first-order chi connectivity index (χ1) is 13.0. The lowest BCUT2D eigenvalue weighted by Gasteiger charge is -2.35. The van der Waals surface area contributed by atoms with Crippen molar-refractivity contribution in [1.82, 2.24) is 9.80 Å². The summed E-state index contributed by atoms with van der Waals surface area (Å²) < 4.78 is 0. The quantitative estimate of drug-likeness (QED) is 0.657. The Hall–Kier alpha value is -2.19. The molecule has 0 unspecified atom stereocenters.